The molecule has 27 heavy (non-hydrogen) atoms. The van der Waals surface area contributed by atoms with Crippen molar-refractivity contribution in [3.8, 4) is 0 Å². The minimum atomic E-state index is -3.11. The van der Waals surface area contributed by atoms with Gasteiger partial charge in [0.05, 0.1) is 22.6 Å². The number of hydrogen-bond acceptors (Lipinski definition) is 6. The van der Waals surface area contributed by atoms with Crippen LogP contribution in [0.4, 0.5) is 0 Å². The third-order valence-electron chi connectivity index (χ3n) is 4.54. The Morgan fingerprint density at radius 2 is 2.07 bits per heavy atom. The van der Waals surface area contributed by atoms with Crippen molar-refractivity contribution in [2.75, 3.05) is 24.7 Å². The lowest BCUT2D eigenvalue weighted by Crippen LogP contribution is -2.43. The summed E-state index contributed by atoms with van der Waals surface area (Å²) in [5.41, 5.74) is 0.777. The highest BCUT2D eigenvalue weighted by Gasteiger charge is 2.34. The van der Waals surface area contributed by atoms with Crippen molar-refractivity contribution in [2.45, 2.75) is 19.4 Å². The Kier molecular flexibility index (Phi) is 5.67. The zero-order chi connectivity index (χ0) is 19.6. The summed E-state index contributed by atoms with van der Waals surface area (Å²) in [7, 11) is -3.11. The molecule has 2 heterocycles. The Labute approximate surface area is 162 Å². The molecule has 1 unspecified atom stereocenters. The lowest BCUT2D eigenvalue weighted by Gasteiger charge is -2.26. The zero-order valence-corrected chi connectivity index (χ0v) is 16.3. The Morgan fingerprint density at radius 3 is 2.74 bits per heavy atom. The highest BCUT2D eigenvalue weighted by molar-refractivity contribution is 7.91. The number of rotatable bonds is 5. The third-order valence-corrected chi connectivity index (χ3v) is 6.49. The Morgan fingerprint density at radius 1 is 1.33 bits per heavy atom. The number of amides is 1. The predicted octanol–water partition coefficient (Wildman–Crippen LogP) is 2.08. The van der Waals surface area contributed by atoms with Crippen LogP contribution >= 0.6 is 11.6 Å². The molecule has 1 atom stereocenters. The molecule has 1 saturated heterocycles. The van der Waals surface area contributed by atoms with E-state index >= 15 is 0 Å². The van der Waals surface area contributed by atoms with Crippen molar-refractivity contribution in [1.29, 1.82) is 0 Å². The van der Waals surface area contributed by atoms with Crippen LogP contribution in [0.25, 0.3) is 10.9 Å². The van der Waals surface area contributed by atoms with E-state index in [-0.39, 0.29) is 28.3 Å². The van der Waals surface area contributed by atoms with Crippen molar-refractivity contribution < 1.29 is 22.7 Å². The number of nitrogens with zero attached hydrogens (tertiary/aromatic N) is 2. The molecule has 0 radical (unpaired) electrons. The fourth-order valence-corrected chi connectivity index (χ4v) is 5.19. The van der Waals surface area contributed by atoms with Gasteiger partial charge in [0.25, 0.3) is 5.91 Å². The maximum absolute atomic E-state index is 12.5. The van der Waals surface area contributed by atoms with Crippen molar-refractivity contribution in [3.63, 3.8) is 0 Å². The number of esters is 1. The molecule has 1 aliphatic heterocycles. The van der Waals surface area contributed by atoms with Gasteiger partial charge in [0.1, 0.15) is 5.15 Å². The monoisotopic (exact) mass is 410 g/mol. The van der Waals surface area contributed by atoms with E-state index in [1.165, 1.54) is 11.0 Å². The van der Waals surface area contributed by atoms with Crippen LogP contribution in [0.15, 0.2) is 30.3 Å². The molecule has 1 aliphatic rings. The molecule has 1 aromatic carbocycles. The summed E-state index contributed by atoms with van der Waals surface area (Å²) < 4.78 is 28.5. The van der Waals surface area contributed by atoms with Gasteiger partial charge >= 0.3 is 5.97 Å². The molecule has 1 amide bonds. The van der Waals surface area contributed by atoms with Gasteiger partial charge in [-0.1, -0.05) is 29.8 Å². The molecule has 2 aromatic rings. The van der Waals surface area contributed by atoms with Crippen LogP contribution in [0.5, 0.6) is 0 Å². The average Bonchev–Trinajstić information content (AvgIpc) is 2.99. The SMILES string of the molecule is CCN(C(=O)COC(=O)c1cc(Cl)nc2ccccc12)C1CCS(=O)(=O)C1. The number of carbonyl (C=O) groups excluding carboxylic acids is 2. The van der Waals surface area contributed by atoms with E-state index in [9.17, 15) is 18.0 Å². The van der Waals surface area contributed by atoms with Gasteiger partial charge < -0.3 is 9.64 Å². The first-order chi connectivity index (χ1) is 12.8. The Balaban J connectivity index is 1.71. The maximum atomic E-state index is 12.5. The minimum absolute atomic E-state index is 0.0505. The fourth-order valence-electron chi connectivity index (χ4n) is 3.26. The molecule has 0 spiro atoms. The van der Waals surface area contributed by atoms with Crippen LogP contribution < -0.4 is 0 Å². The van der Waals surface area contributed by atoms with Gasteiger partial charge in [0.15, 0.2) is 16.4 Å². The largest absolute Gasteiger partial charge is 0.452 e. The average molecular weight is 411 g/mol. The molecular formula is C18H19ClN2O5S. The normalized spacial score (nSPS) is 18.4. The van der Waals surface area contributed by atoms with E-state index in [1.54, 1.807) is 31.2 Å². The summed E-state index contributed by atoms with van der Waals surface area (Å²) in [5.74, 6) is -1.08. The molecule has 144 valence electrons. The highest BCUT2D eigenvalue weighted by atomic mass is 35.5. The fraction of sp³-hybridized carbons (Fsp3) is 0.389. The van der Waals surface area contributed by atoms with Crippen molar-refractivity contribution >= 4 is 44.2 Å². The lowest BCUT2D eigenvalue weighted by atomic mass is 10.1. The number of ether oxygens (including phenoxy) is 1. The van der Waals surface area contributed by atoms with Crippen LogP contribution in [-0.4, -0.2) is 60.9 Å². The molecular weight excluding hydrogens is 392 g/mol. The number of fused-ring (bicyclic) bond motifs is 1. The molecule has 0 bridgehead atoms. The number of benzene rings is 1. The first-order valence-electron chi connectivity index (χ1n) is 8.53. The number of pyridine rings is 1. The number of halogens is 1. The van der Waals surface area contributed by atoms with Gasteiger partial charge in [-0.3, -0.25) is 4.79 Å². The topological polar surface area (TPSA) is 93.6 Å². The number of para-hydroxylation sites is 1. The van der Waals surface area contributed by atoms with Gasteiger partial charge in [0.2, 0.25) is 0 Å². The van der Waals surface area contributed by atoms with E-state index in [0.29, 0.717) is 23.9 Å². The molecule has 0 N–H and O–H groups in total. The molecule has 0 saturated carbocycles. The van der Waals surface area contributed by atoms with Crippen molar-refractivity contribution in [1.82, 2.24) is 9.88 Å². The molecule has 9 heteroatoms. The number of likely N-dealkylation sites (N-methyl/N-ethyl adjacent to an activating group) is 1. The van der Waals surface area contributed by atoms with Crippen molar-refractivity contribution in [2.24, 2.45) is 0 Å². The second kappa shape index (κ2) is 7.82. The Bertz CT molecular complexity index is 992. The summed E-state index contributed by atoms with van der Waals surface area (Å²) in [4.78, 5) is 30.5. The van der Waals surface area contributed by atoms with Gasteiger partial charge in [-0.15, -0.1) is 0 Å². The number of carbonyl (C=O) groups is 2. The van der Waals surface area contributed by atoms with Crippen LogP contribution in [0.3, 0.4) is 0 Å². The van der Waals surface area contributed by atoms with Crippen LogP contribution in [0.2, 0.25) is 5.15 Å². The second-order valence-corrected chi connectivity index (χ2v) is 8.94. The highest BCUT2D eigenvalue weighted by Crippen LogP contribution is 2.22. The smallest absolute Gasteiger partial charge is 0.339 e. The number of sulfone groups is 1. The summed E-state index contributed by atoms with van der Waals surface area (Å²) in [6, 6.07) is 8.01. The van der Waals surface area contributed by atoms with Gasteiger partial charge in [-0.25, -0.2) is 18.2 Å². The third kappa shape index (κ3) is 4.39. The van der Waals surface area contributed by atoms with Crippen LogP contribution in [0.1, 0.15) is 23.7 Å². The van der Waals surface area contributed by atoms with Crippen molar-refractivity contribution in [3.05, 3.63) is 41.0 Å². The summed E-state index contributed by atoms with van der Waals surface area (Å²) in [6.45, 7) is 1.65. The number of aromatic nitrogens is 1. The minimum Gasteiger partial charge on any atom is -0.452 e. The second-order valence-electron chi connectivity index (χ2n) is 6.32. The van der Waals surface area contributed by atoms with E-state index in [2.05, 4.69) is 4.98 Å². The molecule has 3 rings (SSSR count). The maximum Gasteiger partial charge on any atom is 0.339 e. The first kappa shape index (κ1) is 19.6. The van der Waals surface area contributed by atoms with Gasteiger partial charge in [-0.05, 0) is 25.5 Å². The summed E-state index contributed by atoms with van der Waals surface area (Å²) in [5, 5.41) is 0.729. The predicted molar refractivity (Wildman–Crippen MR) is 101 cm³/mol. The molecule has 0 aliphatic carbocycles. The van der Waals surface area contributed by atoms with Crippen LogP contribution in [-0.2, 0) is 19.4 Å². The van der Waals surface area contributed by atoms with E-state index in [0.717, 1.165) is 0 Å². The molecule has 1 aromatic heterocycles. The zero-order valence-electron chi connectivity index (χ0n) is 14.7. The van der Waals surface area contributed by atoms with E-state index in [1.807, 2.05) is 0 Å². The lowest BCUT2D eigenvalue weighted by molar-refractivity contribution is -0.136. The van der Waals surface area contributed by atoms with Gasteiger partial charge in [0, 0.05) is 18.0 Å². The Hall–Kier alpha value is -2.19. The number of hydrogen-bond donors (Lipinski definition) is 0. The first-order valence-corrected chi connectivity index (χ1v) is 10.7. The molecule has 1 fully saturated rings. The summed E-state index contributed by atoms with van der Waals surface area (Å²) >= 11 is 5.97. The summed E-state index contributed by atoms with van der Waals surface area (Å²) in [6.07, 6.45) is 0.403. The quantitative estimate of drug-likeness (QED) is 0.553. The van der Waals surface area contributed by atoms with Gasteiger partial charge in [-0.2, -0.15) is 0 Å². The van der Waals surface area contributed by atoms with E-state index in [4.69, 9.17) is 16.3 Å². The molecule has 7 nitrogen and oxygen atoms in total. The van der Waals surface area contributed by atoms with Crippen LogP contribution in [0, 0.1) is 0 Å². The van der Waals surface area contributed by atoms with E-state index < -0.39 is 28.3 Å². The standard InChI is InChI=1S/C18H19ClN2O5S/c1-2-21(12-7-8-27(24,25)11-12)17(22)10-26-18(23)14-9-16(19)20-15-6-4-3-5-13(14)15/h3-6,9,12H,2,7-8,10-11H2,1H3.